The molecule has 0 amide bonds. The Morgan fingerprint density at radius 1 is 0.737 bits per heavy atom. The topological polar surface area (TPSA) is 78.1 Å². The second-order valence-electron chi connectivity index (χ2n) is 4.50. The van der Waals surface area contributed by atoms with Gasteiger partial charge in [-0.15, -0.1) is 0 Å². The van der Waals surface area contributed by atoms with E-state index in [1.807, 2.05) is 48.5 Å². The van der Waals surface area contributed by atoms with Gasteiger partial charge in [0.1, 0.15) is 5.82 Å². The summed E-state index contributed by atoms with van der Waals surface area (Å²) in [5, 5.41) is 6.07. The van der Waals surface area contributed by atoms with Crippen LogP contribution in [0.3, 0.4) is 0 Å². The molecule has 0 unspecified atom stereocenters. The van der Waals surface area contributed by atoms with Crippen LogP contribution in [0.25, 0.3) is 33.6 Å². The third-order valence-corrected chi connectivity index (χ3v) is 3.43. The van der Waals surface area contributed by atoms with Gasteiger partial charge in [-0.25, -0.2) is 0 Å². The minimum Gasteiger partial charge on any atom is -0.404 e. The lowest BCUT2D eigenvalue weighted by Crippen LogP contribution is -2.24. The first-order chi connectivity index (χ1) is 9.24. The van der Waals surface area contributed by atoms with Crippen LogP contribution in [0.15, 0.2) is 48.5 Å². The monoisotopic (exact) mass is 249 g/mol. The molecule has 19 heavy (non-hydrogen) atoms. The van der Waals surface area contributed by atoms with E-state index < -0.39 is 0 Å². The van der Waals surface area contributed by atoms with Crippen molar-refractivity contribution in [2.75, 3.05) is 0 Å². The lowest BCUT2D eigenvalue weighted by molar-refractivity contribution is 1.43. The first kappa shape index (κ1) is 11.4. The van der Waals surface area contributed by atoms with Crippen molar-refractivity contribution in [2.24, 2.45) is 17.2 Å². The maximum absolute atomic E-state index is 5.89. The van der Waals surface area contributed by atoms with Crippen molar-refractivity contribution in [3.8, 4) is 0 Å². The van der Waals surface area contributed by atoms with Gasteiger partial charge in [-0.05, 0) is 21.5 Å². The Morgan fingerprint density at radius 3 is 1.53 bits per heavy atom. The lowest BCUT2D eigenvalue weighted by Gasteiger charge is -2.08. The summed E-state index contributed by atoms with van der Waals surface area (Å²) < 4.78 is 0. The summed E-state index contributed by atoms with van der Waals surface area (Å²) in [4.78, 5) is 0. The number of rotatable bonds is 0. The van der Waals surface area contributed by atoms with Gasteiger partial charge in [0.05, 0.1) is 0 Å². The summed E-state index contributed by atoms with van der Waals surface area (Å²) >= 11 is 0. The Labute approximate surface area is 110 Å². The van der Waals surface area contributed by atoms with Gasteiger partial charge in [-0.1, -0.05) is 48.5 Å². The predicted octanol–water partition coefficient (Wildman–Crippen LogP) is 0.673. The average molecular weight is 249 g/mol. The van der Waals surface area contributed by atoms with Crippen molar-refractivity contribution in [3.63, 3.8) is 0 Å². The van der Waals surface area contributed by atoms with E-state index in [0.717, 1.165) is 32.0 Å². The molecule has 0 atom stereocenters. The second-order valence-corrected chi connectivity index (χ2v) is 4.50. The van der Waals surface area contributed by atoms with Gasteiger partial charge in [0.15, 0.2) is 0 Å². The van der Waals surface area contributed by atoms with Crippen molar-refractivity contribution in [2.45, 2.75) is 0 Å². The molecule has 0 aliphatic rings. The highest BCUT2D eigenvalue weighted by Crippen LogP contribution is 2.13. The van der Waals surface area contributed by atoms with Crippen LogP contribution in [0.4, 0.5) is 0 Å². The summed E-state index contributed by atoms with van der Waals surface area (Å²) in [7, 11) is 0. The van der Waals surface area contributed by atoms with Crippen LogP contribution in [-0.2, 0) is 0 Å². The van der Waals surface area contributed by atoms with Gasteiger partial charge in [0.2, 0.25) is 0 Å². The van der Waals surface area contributed by atoms with E-state index in [2.05, 4.69) is 0 Å². The normalized spacial score (nSPS) is 10.7. The van der Waals surface area contributed by atoms with E-state index in [9.17, 15) is 0 Å². The zero-order valence-electron chi connectivity index (χ0n) is 10.4. The van der Waals surface area contributed by atoms with E-state index in [-0.39, 0.29) is 0 Å². The summed E-state index contributed by atoms with van der Waals surface area (Å²) in [6.07, 6.45) is 1.64. The van der Waals surface area contributed by atoms with Crippen molar-refractivity contribution in [1.29, 1.82) is 0 Å². The third-order valence-electron chi connectivity index (χ3n) is 3.43. The van der Waals surface area contributed by atoms with Crippen LogP contribution in [0, 0.1) is 0 Å². The molecule has 6 N–H and O–H groups in total. The average Bonchev–Trinajstić information content (AvgIpc) is 2.44. The molecule has 94 valence electrons. The van der Waals surface area contributed by atoms with Crippen LogP contribution >= 0.6 is 0 Å². The number of hydrogen-bond acceptors (Lipinski definition) is 3. The molecule has 3 heteroatoms. The quantitative estimate of drug-likeness (QED) is 0.512. The fraction of sp³-hybridized carbons (Fsp3) is 0. The van der Waals surface area contributed by atoms with Gasteiger partial charge in [-0.2, -0.15) is 0 Å². The van der Waals surface area contributed by atoms with Gasteiger partial charge in [0, 0.05) is 16.6 Å². The second kappa shape index (κ2) is 4.21. The molecule has 0 saturated heterocycles. The Bertz CT molecular complexity index is 828. The minimum atomic E-state index is 0.330. The molecule has 0 heterocycles. The molecule has 0 fully saturated rings. The van der Waals surface area contributed by atoms with Crippen molar-refractivity contribution in [1.82, 2.24) is 0 Å². The molecule has 0 spiro atoms. The molecule has 0 aliphatic carbocycles. The molecule has 3 nitrogen and oxygen atoms in total. The summed E-state index contributed by atoms with van der Waals surface area (Å²) in [6, 6.07) is 16.0. The summed E-state index contributed by atoms with van der Waals surface area (Å²) in [6.45, 7) is 0. The molecule has 0 radical (unpaired) electrons. The SMILES string of the molecule is NC=c1c2ccccc2c(=C(N)N)c2ccccc12. The molecule has 0 aliphatic heterocycles. The maximum atomic E-state index is 5.89. The standard InChI is InChI=1S/C16H15N3/c17-9-14-10-5-1-3-7-12(10)15(16(18)19)13-8-4-2-6-11(13)14/h1-9H,17-19H2. The maximum Gasteiger partial charge on any atom is 0.102 e. The lowest BCUT2D eigenvalue weighted by atomic mass is 9.98. The van der Waals surface area contributed by atoms with E-state index >= 15 is 0 Å². The molecule has 0 aromatic heterocycles. The van der Waals surface area contributed by atoms with Gasteiger partial charge in [0.25, 0.3) is 0 Å². The number of hydrogen-bond donors (Lipinski definition) is 3. The van der Waals surface area contributed by atoms with Crippen molar-refractivity contribution in [3.05, 3.63) is 59.0 Å². The third kappa shape index (κ3) is 1.59. The number of benzene rings is 3. The first-order valence-electron chi connectivity index (χ1n) is 6.10. The largest absolute Gasteiger partial charge is 0.404 e. The number of fused-ring (bicyclic) bond motifs is 2. The smallest absolute Gasteiger partial charge is 0.102 e. The van der Waals surface area contributed by atoms with Crippen LogP contribution < -0.4 is 27.6 Å². The van der Waals surface area contributed by atoms with Crippen molar-refractivity contribution >= 4 is 33.6 Å². The van der Waals surface area contributed by atoms with Gasteiger partial charge in [-0.3, -0.25) is 0 Å². The Kier molecular flexibility index (Phi) is 2.53. The fourth-order valence-electron chi connectivity index (χ4n) is 2.65. The van der Waals surface area contributed by atoms with Crippen LogP contribution in [0.5, 0.6) is 0 Å². The molecule has 3 rings (SSSR count). The fourth-order valence-corrected chi connectivity index (χ4v) is 2.65. The zero-order valence-corrected chi connectivity index (χ0v) is 10.4. The van der Waals surface area contributed by atoms with E-state index in [1.165, 1.54) is 0 Å². The van der Waals surface area contributed by atoms with Crippen LogP contribution in [0.2, 0.25) is 0 Å². The molecule has 0 bridgehead atoms. The zero-order chi connectivity index (χ0) is 13.4. The first-order valence-corrected chi connectivity index (χ1v) is 6.10. The molecular weight excluding hydrogens is 234 g/mol. The molecule has 0 saturated carbocycles. The molecule has 3 aromatic carbocycles. The van der Waals surface area contributed by atoms with Crippen molar-refractivity contribution < 1.29 is 0 Å². The van der Waals surface area contributed by atoms with E-state index in [0.29, 0.717) is 5.82 Å². The Balaban J connectivity index is 2.85. The summed E-state index contributed by atoms with van der Waals surface area (Å²) in [5.41, 5.74) is 17.6. The van der Waals surface area contributed by atoms with Crippen LogP contribution in [-0.4, -0.2) is 0 Å². The summed E-state index contributed by atoms with van der Waals surface area (Å²) in [5.74, 6) is 0.330. The Morgan fingerprint density at radius 2 is 1.16 bits per heavy atom. The highest BCUT2D eigenvalue weighted by atomic mass is 14.8. The van der Waals surface area contributed by atoms with Crippen LogP contribution in [0.1, 0.15) is 0 Å². The number of nitrogens with two attached hydrogens (primary N) is 3. The Hall–Kier alpha value is -2.68. The minimum absolute atomic E-state index is 0.330. The highest BCUT2D eigenvalue weighted by Gasteiger charge is 2.05. The highest BCUT2D eigenvalue weighted by molar-refractivity contribution is 6.00. The van der Waals surface area contributed by atoms with Gasteiger partial charge < -0.3 is 17.2 Å². The van der Waals surface area contributed by atoms with E-state index in [1.54, 1.807) is 6.20 Å². The molecule has 3 aromatic rings. The van der Waals surface area contributed by atoms with Gasteiger partial charge >= 0.3 is 0 Å². The van der Waals surface area contributed by atoms with E-state index in [4.69, 9.17) is 17.2 Å². The predicted molar refractivity (Wildman–Crippen MR) is 81.1 cm³/mol. The molecular formula is C16H15N3.